The van der Waals surface area contributed by atoms with E-state index in [-0.39, 0.29) is 19.3 Å². The lowest BCUT2D eigenvalue weighted by molar-refractivity contribution is -0.123. The van der Waals surface area contributed by atoms with Gasteiger partial charge in [-0.25, -0.2) is 5.43 Å². The van der Waals surface area contributed by atoms with Crippen molar-refractivity contribution in [3.05, 3.63) is 53.1 Å². The van der Waals surface area contributed by atoms with Crippen LogP contribution in [0.15, 0.2) is 41.5 Å². The normalized spacial score (nSPS) is 12.4. The monoisotopic (exact) mass is 326 g/mol. The van der Waals surface area contributed by atoms with Crippen LogP contribution in [-0.2, 0) is 4.79 Å². The molecule has 0 saturated carbocycles. The minimum atomic E-state index is -0.326. The van der Waals surface area contributed by atoms with Crippen molar-refractivity contribution in [3.8, 4) is 17.2 Å². The van der Waals surface area contributed by atoms with Gasteiger partial charge in [-0.1, -0.05) is 12.1 Å². The molecule has 1 amide bonds. The maximum absolute atomic E-state index is 11.8. The summed E-state index contributed by atoms with van der Waals surface area (Å²) in [4.78, 5) is 11.8. The molecular weight excluding hydrogens is 308 g/mol. The van der Waals surface area contributed by atoms with Gasteiger partial charge in [-0.2, -0.15) is 5.10 Å². The van der Waals surface area contributed by atoms with E-state index in [2.05, 4.69) is 10.5 Å². The Morgan fingerprint density at radius 2 is 2.08 bits per heavy atom. The maximum atomic E-state index is 11.8. The zero-order valence-electron chi connectivity index (χ0n) is 13.5. The van der Waals surface area contributed by atoms with E-state index in [0.717, 1.165) is 16.7 Å². The van der Waals surface area contributed by atoms with Crippen molar-refractivity contribution in [3.63, 3.8) is 0 Å². The van der Waals surface area contributed by atoms with E-state index in [1.54, 1.807) is 12.1 Å². The molecule has 2 aromatic rings. The molecule has 1 aliphatic heterocycles. The molecule has 2 aromatic carbocycles. The van der Waals surface area contributed by atoms with Crippen LogP contribution in [0.4, 0.5) is 0 Å². The van der Waals surface area contributed by atoms with Crippen LogP contribution in [0.2, 0.25) is 0 Å². The van der Waals surface area contributed by atoms with Crippen LogP contribution in [-0.4, -0.2) is 25.5 Å². The Balaban J connectivity index is 1.51. The van der Waals surface area contributed by atoms with Crippen LogP contribution >= 0.6 is 0 Å². The van der Waals surface area contributed by atoms with Gasteiger partial charge in [-0.15, -0.1) is 0 Å². The molecule has 0 atom stereocenters. The van der Waals surface area contributed by atoms with Crippen molar-refractivity contribution in [1.82, 2.24) is 5.43 Å². The molecule has 24 heavy (non-hydrogen) atoms. The van der Waals surface area contributed by atoms with Crippen molar-refractivity contribution >= 4 is 12.1 Å². The highest BCUT2D eigenvalue weighted by molar-refractivity contribution is 5.83. The summed E-state index contributed by atoms with van der Waals surface area (Å²) in [5.41, 5.74) is 5.38. The van der Waals surface area contributed by atoms with Crippen molar-refractivity contribution in [2.24, 2.45) is 5.10 Å². The van der Waals surface area contributed by atoms with Gasteiger partial charge in [0.1, 0.15) is 5.75 Å². The van der Waals surface area contributed by atoms with E-state index >= 15 is 0 Å². The van der Waals surface area contributed by atoms with Gasteiger partial charge in [0.25, 0.3) is 5.91 Å². The molecule has 0 unspecified atom stereocenters. The van der Waals surface area contributed by atoms with Gasteiger partial charge < -0.3 is 14.2 Å². The van der Waals surface area contributed by atoms with Gasteiger partial charge >= 0.3 is 0 Å². The van der Waals surface area contributed by atoms with Gasteiger partial charge in [0.15, 0.2) is 18.1 Å². The lowest BCUT2D eigenvalue weighted by atomic mass is 10.1. The summed E-state index contributed by atoms with van der Waals surface area (Å²) >= 11 is 0. The van der Waals surface area contributed by atoms with Crippen LogP contribution < -0.4 is 19.6 Å². The molecule has 0 radical (unpaired) electrons. The van der Waals surface area contributed by atoms with Crippen LogP contribution in [0.5, 0.6) is 17.2 Å². The van der Waals surface area contributed by atoms with Gasteiger partial charge in [0.05, 0.1) is 6.21 Å². The molecule has 0 fully saturated rings. The number of amides is 1. The van der Waals surface area contributed by atoms with Crippen molar-refractivity contribution in [2.45, 2.75) is 13.8 Å². The molecule has 1 N–H and O–H groups in total. The first kappa shape index (κ1) is 15.9. The molecule has 124 valence electrons. The maximum Gasteiger partial charge on any atom is 0.277 e. The Hall–Kier alpha value is -3.02. The van der Waals surface area contributed by atoms with E-state index in [4.69, 9.17) is 14.2 Å². The third kappa shape index (κ3) is 3.65. The number of rotatable bonds is 5. The summed E-state index contributed by atoms with van der Waals surface area (Å²) < 4.78 is 16.0. The summed E-state index contributed by atoms with van der Waals surface area (Å²) in [6, 6.07) is 11.2. The fourth-order valence-electron chi connectivity index (χ4n) is 2.23. The number of benzene rings is 2. The number of hydrogen-bond donors (Lipinski definition) is 1. The highest BCUT2D eigenvalue weighted by Crippen LogP contribution is 2.31. The second kappa shape index (κ2) is 7.04. The molecule has 0 bridgehead atoms. The molecule has 0 aromatic heterocycles. The van der Waals surface area contributed by atoms with Gasteiger partial charge in [-0.05, 0) is 54.8 Å². The summed E-state index contributed by atoms with van der Waals surface area (Å²) in [7, 11) is 0. The third-order valence-corrected chi connectivity index (χ3v) is 3.71. The minimum Gasteiger partial charge on any atom is -0.483 e. The first-order chi connectivity index (χ1) is 11.6. The van der Waals surface area contributed by atoms with Crippen LogP contribution in [0.1, 0.15) is 16.7 Å². The van der Waals surface area contributed by atoms with E-state index in [0.29, 0.717) is 17.2 Å². The number of nitrogens with zero attached hydrogens (tertiary/aromatic N) is 1. The summed E-state index contributed by atoms with van der Waals surface area (Å²) in [6.45, 7) is 4.09. The Kier molecular flexibility index (Phi) is 4.65. The first-order valence-corrected chi connectivity index (χ1v) is 7.54. The number of carbonyl (C=O) groups excluding carboxylic acids is 1. The largest absolute Gasteiger partial charge is 0.483 e. The van der Waals surface area contributed by atoms with Gasteiger partial charge in [0.2, 0.25) is 6.79 Å². The number of fused-ring (bicyclic) bond motifs is 1. The Labute approximate surface area is 140 Å². The average molecular weight is 326 g/mol. The number of aryl methyl sites for hydroxylation is 1. The lowest BCUT2D eigenvalue weighted by Gasteiger charge is -2.09. The number of ether oxygens (including phenoxy) is 3. The molecular formula is C18H18N2O4. The van der Waals surface area contributed by atoms with Crippen molar-refractivity contribution < 1.29 is 19.0 Å². The molecule has 0 spiro atoms. The summed E-state index contributed by atoms with van der Waals surface area (Å²) in [5.74, 6) is 1.75. The van der Waals surface area contributed by atoms with E-state index in [1.807, 2.05) is 38.1 Å². The average Bonchev–Trinajstić information content (AvgIpc) is 3.04. The van der Waals surface area contributed by atoms with Crippen LogP contribution in [0, 0.1) is 13.8 Å². The van der Waals surface area contributed by atoms with Crippen molar-refractivity contribution in [1.29, 1.82) is 0 Å². The smallest absolute Gasteiger partial charge is 0.277 e. The highest BCUT2D eigenvalue weighted by Gasteiger charge is 2.12. The molecule has 3 rings (SSSR count). The zero-order chi connectivity index (χ0) is 16.9. The molecule has 6 nitrogen and oxygen atoms in total. The van der Waals surface area contributed by atoms with Crippen LogP contribution in [0.25, 0.3) is 0 Å². The predicted octanol–water partition coefficient (Wildman–Crippen LogP) is 2.56. The Morgan fingerprint density at radius 1 is 1.25 bits per heavy atom. The number of carbonyl (C=O) groups is 1. The molecule has 0 aliphatic carbocycles. The number of nitrogens with one attached hydrogen (secondary N) is 1. The second-order valence-electron chi connectivity index (χ2n) is 5.39. The van der Waals surface area contributed by atoms with E-state index in [9.17, 15) is 4.79 Å². The van der Waals surface area contributed by atoms with E-state index < -0.39 is 0 Å². The quantitative estimate of drug-likeness (QED) is 0.677. The predicted molar refractivity (Wildman–Crippen MR) is 89.7 cm³/mol. The van der Waals surface area contributed by atoms with Gasteiger partial charge in [-0.3, -0.25) is 4.79 Å². The zero-order valence-corrected chi connectivity index (χ0v) is 13.5. The number of hydrogen-bond acceptors (Lipinski definition) is 5. The SMILES string of the molecule is Cc1cccc(OCC(=O)N/N=C\c2ccc3c(c2)OCO3)c1C. The molecule has 1 heterocycles. The summed E-state index contributed by atoms with van der Waals surface area (Å²) in [6.07, 6.45) is 1.54. The van der Waals surface area contributed by atoms with Gasteiger partial charge in [0, 0.05) is 0 Å². The second-order valence-corrected chi connectivity index (χ2v) is 5.39. The molecule has 6 heteroatoms. The Morgan fingerprint density at radius 3 is 2.96 bits per heavy atom. The molecule has 0 saturated heterocycles. The standard InChI is InChI=1S/C18H18N2O4/c1-12-4-3-5-15(13(12)2)22-10-18(21)20-19-9-14-6-7-16-17(8-14)24-11-23-16/h3-9H,10-11H2,1-2H3,(H,20,21)/b19-9-. The van der Waals surface area contributed by atoms with Crippen LogP contribution in [0.3, 0.4) is 0 Å². The topological polar surface area (TPSA) is 69.2 Å². The number of hydrazone groups is 1. The van der Waals surface area contributed by atoms with Crippen molar-refractivity contribution in [2.75, 3.05) is 13.4 Å². The van der Waals surface area contributed by atoms with E-state index in [1.165, 1.54) is 6.21 Å². The fourth-order valence-corrected chi connectivity index (χ4v) is 2.23. The highest BCUT2D eigenvalue weighted by atomic mass is 16.7. The summed E-state index contributed by atoms with van der Waals surface area (Å²) in [5, 5.41) is 3.92. The fraction of sp³-hybridized carbons (Fsp3) is 0.222. The lowest BCUT2D eigenvalue weighted by Crippen LogP contribution is -2.24. The third-order valence-electron chi connectivity index (χ3n) is 3.71. The molecule has 1 aliphatic rings. The first-order valence-electron chi connectivity index (χ1n) is 7.54. The Bertz CT molecular complexity index is 787. The minimum absolute atomic E-state index is 0.0945.